The van der Waals surface area contributed by atoms with Crippen LogP contribution in [-0.2, 0) is 6.42 Å². The molecule has 22 heavy (non-hydrogen) atoms. The van der Waals surface area contributed by atoms with Gasteiger partial charge in [-0.15, -0.1) is 0 Å². The number of fused-ring (bicyclic) bond motifs is 1. The minimum absolute atomic E-state index is 0.00440. The summed E-state index contributed by atoms with van der Waals surface area (Å²) in [5, 5.41) is 17.6. The Morgan fingerprint density at radius 1 is 1.36 bits per heavy atom. The highest BCUT2D eigenvalue weighted by atomic mass is 16.3. The summed E-state index contributed by atoms with van der Waals surface area (Å²) in [6.07, 6.45) is 4.77. The first kappa shape index (κ1) is 14.3. The largest absolute Gasteiger partial charge is 0.504 e. The zero-order valence-electron chi connectivity index (χ0n) is 12.8. The van der Waals surface area contributed by atoms with Crippen molar-refractivity contribution in [1.82, 2.24) is 19.6 Å². The lowest BCUT2D eigenvalue weighted by Crippen LogP contribution is -2.19. The first-order valence-corrected chi connectivity index (χ1v) is 7.28. The Labute approximate surface area is 127 Å². The van der Waals surface area contributed by atoms with Crippen LogP contribution in [0.15, 0.2) is 23.3 Å². The molecule has 0 radical (unpaired) electrons. The fourth-order valence-corrected chi connectivity index (χ4v) is 2.76. The second-order valence-electron chi connectivity index (χ2n) is 5.42. The lowest BCUT2D eigenvalue weighted by Gasteiger charge is -2.09. The number of hydrogen-bond acceptors (Lipinski definition) is 4. The average molecular weight is 298 g/mol. The molecule has 0 bridgehead atoms. The number of aromatic nitrogens is 4. The van der Waals surface area contributed by atoms with Crippen LogP contribution in [0.5, 0.6) is 5.75 Å². The van der Waals surface area contributed by atoms with Gasteiger partial charge in [0.2, 0.25) is 0 Å². The van der Waals surface area contributed by atoms with Crippen molar-refractivity contribution in [1.29, 1.82) is 0 Å². The zero-order chi connectivity index (χ0) is 15.9. The van der Waals surface area contributed by atoms with Gasteiger partial charge >= 0.3 is 0 Å². The summed E-state index contributed by atoms with van der Waals surface area (Å²) in [5.74, 6) is -0.00440. The van der Waals surface area contributed by atoms with E-state index in [9.17, 15) is 9.90 Å². The highest BCUT2D eigenvalue weighted by Gasteiger charge is 2.17. The summed E-state index contributed by atoms with van der Waals surface area (Å²) in [5.41, 5.74) is 3.91. The Kier molecular flexibility index (Phi) is 3.44. The number of hydrogen-bond donors (Lipinski definition) is 2. The molecule has 0 aliphatic rings. The first-order valence-electron chi connectivity index (χ1n) is 7.28. The predicted molar refractivity (Wildman–Crippen MR) is 84.2 cm³/mol. The molecule has 2 N–H and O–H groups in total. The van der Waals surface area contributed by atoms with Gasteiger partial charge in [-0.3, -0.25) is 14.3 Å². The molecule has 0 unspecified atom stereocenters. The van der Waals surface area contributed by atoms with Gasteiger partial charge < -0.3 is 5.11 Å². The van der Waals surface area contributed by atoms with Crippen molar-refractivity contribution < 1.29 is 5.11 Å². The second kappa shape index (κ2) is 5.29. The highest BCUT2D eigenvalue weighted by Crippen LogP contribution is 2.34. The molecule has 0 fully saturated rings. The normalized spacial score (nSPS) is 11.2. The van der Waals surface area contributed by atoms with Crippen LogP contribution in [0.2, 0.25) is 0 Å². The molecule has 6 nitrogen and oxygen atoms in total. The second-order valence-corrected chi connectivity index (χ2v) is 5.42. The van der Waals surface area contributed by atoms with E-state index in [-0.39, 0.29) is 17.0 Å². The van der Waals surface area contributed by atoms with E-state index in [0.717, 1.165) is 23.4 Å². The predicted octanol–water partition coefficient (Wildman–Crippen LogP) is 2.36. The van der Waals surface area contributed by atoms with Gasteiger partial charge in [0.05, 0.1) is 5.69 Å². The van der Waals surface area contributed by atoms with Crippen molar-refractivity contribution in [2.75, 3.05) is 0 Å². The van der Waals surface area contributed by atoms with Crippen molar-refractivity contribution in [3.05, 3.63) is 45.8 Å². The van der Waals surface area contributed by atoms with E-state index in [4.69, 9.17) is 0 Å². The van der Waals surface area contributed by atoms with E-state index in [1.54, 1.807) is 18.5 Å². The number of H-pyrrole nitrogens is 1. The molecule has 3 heterocycles. The summed E-state index contributed by atoms with van der Waals surface area (Å²) in [6, 6.07) is 1.73. The molecule has 0 aromatic carbocycles. The van der Waals surface area contributed by atoms with Gasteiger partial charge in [-0.2, -0.15) is 5.10 Å². The summed E-state index contributed by atoms with van der Waals surface area (Å²) in [4.78, 5) is 16.7. The number of nitrogens with one attached hydrogen (secondary N) is 1. The fraction of sp³-hybridized carbons (Fsp3) is 0.312. The quantitative estimate of drug-likeness (QED) is 0.777. The lowest BCUT2D eigenvalue weighted by molar-refractivity contribution is 0.478. The third-order valence-electron chi connectivity index (χ3n) is 3.84. The third-order valence-corrected chi connectivity index (χ3v) is 3.84. The Morgan fingerprint density at radius 3 is 2.77 bits per heavy atom. The van der Waals surface area contributed by atoms with Crippen molar-refractivity contribution >= 4 is 5.65 Å². The molecule has 0 aliphatic carbocycles. The molecule has 3 aromatic rings. The maximum absolute atomic E-state index is 12.4. The summed E-state index contributed by atoms with van der Waals surface area (Å²) in [7, 11) is 0. The van der Waals surface area contributed by atoms with Crippen LogP contribution >= 0.6 is 0 Å². The van der Waals surface area contributed by atoms with Crippen molar-refractivity contribution in [2.45, 2.75) is 33.6 Å². The smallest absolute Gasteiger partial charge is 0.261 e. The molecule has 3 rings (SSSR count). The van der Waals surface area contributed by atoms with Crippen LogP contribution in [0.25, 0.3) is 16.8 Å². The van der Waals surface area contributed by atoms with Gasteiger partial charge in [-0.05, 0) is 26.3 Å². The van der Waals surface area contributed by atoms with E-state index in [1.165, 1.54) is 4.40 Å². The van der Waals surface area contributed by atoms with E-state index in [1.807, 2.05) is 20.8 Å². The van der Waals surface area contributed by atoms with Crippen LogP contribution in [-0.4, -0.2) is 24.7 Å². The molecule has 0 atom stereocenters. The van der Waals surface area contributed by atoms with Gasteiger partial charge in [0.15, 0.2) is 11.4 Å². The molecule has 0 spiro atoms. The maximum atomic E-state index is 12.4. The number of pyridine rings is 1. The molecule has 6 heteroatoms. The van der Waals surface area contributed by atoms with E-state index in [2.05, 4.69) is 15.2 Å². The molecular weight excluding hydrogens is 280 g/mol. The number of aromatic hydroxyl groups is 1. The topological polar surface area (TPSA) is 83.3 Å². The van der Waals surface area contributed by atoms with Gasteiger partial charge in [0.25, 0.3) is 5.56 Å². The number of aromatic amines is 1. The lowest BCUT2D eigenvalue weighted by atomic mass is 10.0. The first-order chi connectivity index (χ1) is 10.5. The van der Waals surface area contributed by atoms with Gasteiger partial charge in [0, 0.05) is 34.8 Å². The van der Waals surface area contributed by atoms with Gasteiger partial charge in [0.1, 0.15) is 0 Å². The van der Waals surface area contributed by atoms with Crippen molar-refractivity contribution in [3.63, 3.8) is 0 Å². The van der Waals surface area contributed by atoms with E-state index < -0.39 is 0 Å². The minimum Gasteiger partial charge on any atom is -0.504 e. The minimum atomic E-state index is -0.130. The molecule has 114 valence electrons. The summed E-state index contributed by atoms with van der Waals surface area (Å²) < 4.78 is 1.40. The van der Waals surface area contributed by atoms with Crippen LogP contribution in [0.3, 0.4) is 0 Å². The van der Waals surface area contributed by atoms with Crippen LogP contribution in [0, 0.1) is 13.8 Å². The number of nitrogens with zero attached hydrogens (tertiary/aromatic N) is 3. The zero-order valence-corrected chi connectivity index (χ0v) is 12.8. The molecule has 0 aliphatic heterocycles. The maximum Gasteiger partial charge on any atom is 0.261 e. The molecule has 0 amide bonds. The van der Waals surface area contributed by atoms with Gasteiger partial charge in [-0.25, -0.2) is 4.98 Å². The Hall–Kier alpha value is -2.63. The fourth-order valence-electron chi connectivity index (χ4n) is 2.76. The number of rotatable bonds is 3. The Morgan fingerprint density at radius 2 is 2.14 bits per heavy atom. The Balaban J connectivity index is 2.28. The van der Waals surface area contributed by atoms with Crippen LogP contribution in [0.4, 0.5) is 0 Å². The third kappa shape index (κ3) is 2.07. The average Bonchev–Trinajstić information content (AvgIpc) is 2.82. The van der Waals surface area contributed by atoms with Crippen molar-refractivity contribution in [2.24, 2.45) is 0 Å². The summed E-state index contributed by atoms with van der Waals surface area (Å²) in [6.45, 7) is 5.77. The van der Waals surface area contributed by atoms with E-state index >= 15 is 0 Å². The van der Waals surface area contributed by atoms with Crippen LogP contribution in [0.1, 0.15) is 30.3 Å². The molecule has 3 aromatic heterocycles. The Bertz CT molecular complexity index is 889. The van der Waals surface area contributed by atoms with E-state index in [0.29, 0.717) is 17.5 Å². The molecule has 0 saturated heterocycles. The summed E-state index contributed by atoms with van der Waals surface area (Å²) >= 11 is 0. The van der Waals surface area contributed by atoms with Crippen molar-refractivity contribution in [3.8, 4) is 16.9 Å². The van der Waals surface area contributed by atoms with Crippen LogP contribution < -0.4 is 5.56 Å². The standard InChI is InChI=1S/C16H18N4O2/c1-4-5-11-8-17-15-14(21)12(6-7-20(15)16(11)22)13-9(2)18-19-10(13)3/h6-8,21H,4-5H2,1-3H3,(H,18,19). The molecule has 0 saturated carbocycles. The van der Waals surface area contributed by atoms with Gasteiger partial charge in [-0.1, -0.05) is 13.3 Å². The molecular formula is C16H18N4O2. The SMILES string of the molecule is CCCc1cnc2c(O)c(-c3c(C)n[nH]c3C)ccn2c1=O. The number of aryl methyl sites for hydroxylation is 3. The monoisotopic (exact) mass is 298 g/mol. The highest BCUT2D eigenvalue weighted by molar-refractivity contribution is 5.79.